The van der Waals surface area contributed by atoms with Gasteiger partial charge in [-0.25, -0.2) is 4.98 Å². The fourth-order valence-electron chi connectivity index (χ4n) is 2.57. The third-order valence-electron chi connectivity index (χ3n) is 3.90. The van der Waals surface area contributed by atoms with E-state index < -0.39 is 0 Å². The molecule has 0 fully saturated rings. The first-order valence-electron chi connectivity index (χ1n) is 8.44. The molecule has 0 radical (unpaired) electrons. The molecular formula is C17H17N5O2S4. The Balaban J connectivity index is 1.53. The van der Waals surface area contributed by atoms with E-state index in [0.717, 1.165) is 24.7 Å². The van der Waals surface area contributed by atoms with Crippen LogP contribution in [0.15, 0.2) is 32.0 Å². The van der Waals surface area contributed by atoms with E-state index in [-0.39, 0.29) is 10.8 Å². The summed E-state index contributed by atoms with van der Waals surface area (Å²) in [5.74, 6) is 0.645. The number of hydrogen-bond acceptors (Lipinski definition) is 10. The first kappa shape index (κ1) is 19.5. The summed E-state index contributed by atoms with van der Waals surface area (Å²) in [6, 6.07) is 4.00. The summed E-state index contributed by atoms with van der Waals surface area (Å²) in [6.07, 6.45) is 0. The maximum absolute atomic E-state index is 12.7. The Morgan fingerprint density at radius 2 is 2.25 bits per heavy atom. The van der Waals surface area contributed by atoms with Crippen LogP contribution >= 0.6 is 45.8 Å². The molecule has 4 aromatic heterocycles. The van der Waals surface area contributed by atoms with Crippen molar-refractivity contribution in [2.45, 2.75) is 16.5 Å². The molecule has 0 aromatic carbocycles. The largest absolute Gasteiger partial charge is 0.383 e. The minimum atomic E-state index is -0.101. The summed E-state index contributed by atoms with van der Waals surface area (Å²) in [5.41, 5.74) is 0.850. The maximum Gasteiger partial charge on any atom is 0.260 e. The Kier molecular flexibility index (Phi) is 6.07. The fourth-order valence-corrected chi connectivity index (χ4v) is 6.32. The molecule has 7 nitrogen and oxygen atoms in total. The lowest BCUT2D eigenvalue weighted by atomic mass is 10.2. The van der Waals surface area contributed by atoms with Gasteiger partial charge in [0.05, 0.1) is 17.2 Å². The van der Waals surface area contributed by atoms with Crippen molar-refractivity contribution in [3.05, 3.63) is 39.1 Å². The van der Waals surface area contributed by atoms with Gasteiger partial charge in [-0.15, -0.1) is 32.9 Å². The molecule has 2 N–H and O–H groups in total. The van der Waals surface area contributed by atoms with E-state index in [1.807, 2.05) is 29.8 Å². The number of methoxy groups -OCH3 is 1. The molecule has 0 saturated carbocycles. The van der Waals surface area contributed by atoms with Crippen LogP contribution in [0.25, 0.3) is 20.7 Å². The van der Waals surface area contributed by atoms with Crippen molar-refractivity contribution < 1.29 is 4.74 Å². The molecule has 1 unspecified atom stereocenters. The second-order valence-corrected chi connectivity index (χ2v) is 10.2. The number of anilines is 1. The Labute approximate surface area is 177 Å². The molecule has 0 aliphatic carbocycles. The third kappa shape index (κ3) is 4.13. The average Bonchev–Trinajstić information content (AvgIpc) is 3.42. The molecule has 0 amide bonds. The zero-order valence-corrected chi connectivity index (χ0v) is 18.4. The SMILES string of the molecule is COCCNc1nnc(SC(C)c2nc3scc(-c4cccs4)c3c(=O)[nH]2)s1. The standard InChI is InChI=1S/C17H17N5O2S4/c1-9(27-17-22-21-16(28-17)18-5-6-24-2)13-19-14(23)12-10(8-26-15(12)20-13)11-4-3-7-25-11/h3-4,7-9H,5-6H2,1-2H3,(H,18,21)(H,19,20,23). The molecular weight excluding hydrogens is 434 g/mol. The summed E-state index contributed by atoms with van der Waals surface area (Å²) in [6.45, 7) is 3.29. The first-order valence-corrected chi connectivity index (χ1v) is 11.9. The third-order valence-corrected chi connectivity index (χ3v) is 7.75. The summed E-state index contributed by atoms with van der Waals surface area (Å²) < 4.78 is 5.83. The molecule has 1 atom stereocenters. The van der Waals surface area contributed by atoms with Crippen molar-refractivity contribution in [2.24, 2.45) is 0 Å². The molecule has 146 valence electrons. The lowest BCUT2D eigenvalue weighted by Gasteiger charge is -2.08. The lowest BCUT2D eigenvalue weighted by Crippen LogP contribution is -2.12. The smallest absolute Gasteiger partial charge is 0.260 e. The predicted molar refractivity (Wildman–Crippen MR) is 118 cm³/mol. The highest BCUT2D eigenvalue weighted by molar-refractivity contribution is 8.01. The number of ether oxygens (including phenoxy) is 1. The molecule has 4 rings (SSSR count). The van der Waals surface area contributed by atoms with Crippen LogP contribution in [0.4, 0.5) is 5.13 Å². The van der Waals surface area contributed by atoms with Gasteiger partial charge in [-0.2, -0.15) is 0 Å². The monoisotopic (exact) mass is 451 g/mol. The van der Waals surface area contributed by atoms with Crippen molar-refractivity contribution >= 4 is 61.1 Å². The van der Waals surface area contributed by atoms with Gasteiger partial charge in [0.25, 0.3) is 5.56 Å². The summed E-state index contributed by atoms with van der Waals surface area (Å²) >= 11 is 6.12. The quantitative estimate of drug-likeness (QED) is 0.301. The topological polar surface area (TPSA) is 92.8 Å². The van der Waals surface area contributed by atoms with Crippen molar-refractivity contribution in [3.63, 3.8) is 0 Å². The van der Waals surface area contributed by atoms with Gasteiger partial charge in [0.1, 0.15) is 10.7 Å². The number of H-pyrrole nitrogens is 1. The maximum atomic E-state index is 12.7. The molecule has 0 aliphatic heterocycles. The normalized spacial score (nSPS) is 12.5. The van der Waals surface area contributed by atoms with E-state index in [9.17, 15) is 4.79 Å². The summed E-state index contributed by atoms with van der Waals surface area (Å²) in [7, 11) is 1.66. The second kappa shape index (κ2) is 8.70. The number of thioether (sulfide) groups is 1. The Hall–Kier alpha value is -1.79. The van der Waals surface area contributed by atoms with Crippen molar-refractivity contribution in [1.82, 2.24) is 20.2 Å². The molecule has 0 spiro atoms. The number of aromatic nitrogens is 4. The van der Waals surface area contributed by atoms with Gasteiger partial charge >= 0.3 is 0 Å². The number of hydrogen-bond donors (Lipinski definition) is 2. The first-order chi connectivity index (χ1) is 13.7. The zero-order valence-electron chi connectivity index (χ0n) is 15.1. The van der Waals surface area contributed by atoms with Crippen LogP contribution in [0.5, 0.6) is 0 Å². The summed E-state index contributed by atoms with van der Waals surface area (Å²) in [4.78, 5) is 22.2. The number of thiophene rings is 2. The minimum absolute atomic E-state index is 0.0517. The van der Waals surface area contributed by atoms with E-state index in [0.29, 0.717) is 24.4 Å². The van der Waals surface area contributed by atoms with Crippen LogP contribution in [0.1, 0.15) is 18.0 Å². The van der Waals surface area contributed by atoms with Crippen LogP contribution in [0.2, 0.25) is 0 Å². The fraction of sp³-hybridized carbons (Fsp3) is 0.294. The zero-order chi connectivity index (χ0) is 19.5. The molecule has 11 heteroatoms. The molecule has 4 heterocycles. The predicted octanol–water partition coefficient (Wildman–Crippen LogP) is 4.48. The second-order valence-electron chi connectivity index (χ2n) is 5.81. The highest BCUT2D eigenvalue weighted by Gasteiger charge is 2.18. The molecule has 4 aromatic rings. The van der Waals surface area contributed by atoms with Crippen LogP contribution in [0.3, 0.4) is 0 Å². The average molecular weight is 452 g/mol. The van der Waals surface area contributed by atoms with Crippen LogP contribution in [-0.2, 0) is 4.74 Å². The number of fused-ring (bicyclic) bond motifs is 1. The van der Waals surface area contributed by atoms with Gasteiger partial charge in [-0.05, 0) is 18.4 Å². The molecule has 0 bridgehead atoms. The van der Waals surface area contributed by atoms with E-state index >= 15 is 0 Å². The van der Waals surface area contributed by atoms with Crippen molar-refractivity contribution in [3.8, 4) is 10.4 Å². The number of nitrogens with zero attached hydrogens (tertiary/aromatic N) is 3. The Morgan fingerprint density at radius 3 is 3.04 bits per heavy atom. The minimum Gasteiger partial charge on any atom is -0.383 e. The highest BCUT2D eigenvalue weighted by atomic mass is 32.2. The highest BCUT2D eigenvalue weighted by Crippen LogP contribution is 2.38. The number of rotatable bonds is 8. The Bertz CT molecular complexity index is 1120. The Morgan fingerprint density at radius 1 is 1.36 bits per heavy atom. The van der Waals surface area contributed by atoms with E-state index in [1.165, 1.54) is 34.4 Å². The molecule has 0 aliphatic rings. The van der Waals surface area contributed by atoms with Gasteiger partial charge in [0.2, 0.25) is 5.13 Å². The number of aromatic amines is 1. The number of nitrogens with one attached hydrogen (secondary N) is 2. The van der Waals surface area contributed by atoms with Crippen LogP contribution in [-0.4, -0.2) is 40.4 Å². The van der Waals surface area contributed by atoms with Crippen molar-refractivity contribution in [2.75, 3.05) is 25.6 Å². The van der Waals surface area contributed by atoms with Gasteiger partial charge in [0, 0.05) is 29.5 Å². The molecule has 0 saturated heterocycles. The lowest BCUT2D eigenvalue weighted by molar-refractivity contribution is 0.211. The van der Waals surface area contributed by atoms with Gasteiger partial charge in [0.15, 0.2) is 4.34 Å². The van der Waals surface area contributed by atoms with Gasteiger partial charge in [-0.3, -0.25) is 4.79 Å². The van der Waals surface area contributed by atoms with E-state index in [2.05, 4.69) is 20.5 Å². The van der Waals surface area contributed by atoms with Crippen molar-refractivity contribution in [1.29, 1.82) is 0 Å². The van der Waals surface area contributed by atoms with Gasteiger partial charge < -0.3 is 15.0 Å². The van der Waals surface area contributed by atoms with Gasteiger partial charge in [-0.1, -0.05) is 29.2 Å². The molecule has 28 heavy (non-hydrogen) atoms. The van der Waals surface area contributed by atoms with E-state index in [4.69, 9.17) is 9.72 Å². The van der Waals surface area contributed by atoms with Crippen LogP contribution < -0.4 is 10.9 Å². The van der Waals surface area contributed by atoms with E-state index in [1.54, 1.807) is 18.4 Å². The summed E-state index contributed by atoms with van der Waals surface area (Å²) in [5, 5.41) is 16.9. The van der Waals surface area contributed by atoms with Crippen LogP contribution in [0, 0.1) is 0 Å².